The normalized spacial score (nSPS) is 26.4. The predicted octanol–water partition coefficient (Wildman–Crippen LogP) is 4.57. The second-order valence-corrected chi connectivity index (χ2v) is 10.3. The maximum Gasteiger partial charge on any atom is 0.356 e. The number of aryl methyl sites for hydroxylation is 1. The molecule has 0 radical (unpaired) electrons. The topological polar surface area (TPSA) is 71.9 Å². The summed E-state index contributed by atoms with van der Waals surface area (Å²) < 4.78 is 11.3. The number of aliphatic hydroxyl groups is 1. The lowest BCUT2D eigenvalue weighted by Crippen LogP contribution is -2.49. The third kappa shape index (κ3) is 4.07. The highest BCUT2D eigenvalue weighted by molar-refractivity contribution is 6.30. The Morgan fingerprint density at radius 1 is 1.41 bits per heavy atom. The van der Waals surface area contributed by atoms with Crippen LogP contribution in [0.25, 0.3) is 0 Å². The predicted molar refractivity (Wildman–Crippen MR) is 132 cm³/mol. The Hall–Kier alpha value is -2.57. The van der Waals surface area contributed by atoms with Gasteiger partial charge in [-0.25, -0.2) is 9.78 Å². The minimum atomic E-state index is -0.512. The molecule has 0 saturated heterocycles. The molecule has 6 nitrogen and oxygen atoms in total. The number of halogens is 1. The maximum atomic E-state index is 12.3. The molecule has 2 aromatic rings. The average Bonchev–Trinajstić information content (AvgIpc) is 2.98. The van der Waals surface area contributed by atoms with Crippen molar-refractivity contribution in [2.24, 2.45) is 11.8 Å². The second kappa shape index (κ2) is 9.23. The molecule has 3 aliphatic rings. The van der Waals surface area contributed by atoms with Crippen LogP contribution in [0.1, 0.15) is 47.3 Å². The molecule has 1 N–H and O–H groups in total. The Morgan fingerprint density at radius 2 is 2.26 bits per heavy atom. The second-order valence-electron chi connectivity index (χ2n) is 9.84. The van der Waals surface area contributed by atoms with Crippen LogP contribution in [0.5, 0.6) is 5.75 Å². The van der Waals surface area contributed by atoms with E-state index in [0.29, 0.717) is 24.1 Å². The molecular formula is C27H31ClN2O4. The largest absolute Gasteiger partial charge is 0.489 e. The quantitative estimate of drug-likeness (QED) is 0.497. The van der Waals surface area contributed by atoms with Crippen LogP contribution < -0.4 is 9.64 Å². The molecule has 180 valence electrons. The van der Waals surface area contributed by atoms with Crippen molar-refractivity contribution in [1.29, 1.82) is 0 Å². The van der Waals surface area contributed by atoms with Crippen LogP contribution in [0.2, 0.25) is 5.02 Å². The molecule has 1 fully saturated rings. The summed E-state index contributed by atoms with van der Waals surface area (Å²) in [5, 5.41) is 11.2. The summed E-state index contributed by atoms with van der Waals surface area (Å²) in [5.41, 5.74) is 2.61. The van der Waals surface area contributed by atoms with Crippen molar-refractivity contribution in [2.45, 2.75) is 43.6 Å². The maximum absolute atomic E-state index is 12.3. The molecule has 7 heteroatoms. The van der Waals surface area contributed by atoms with Crippen molar-refractivity contribution in [1.82, 2.24) is 4.98 Å². The lowest BCUT2D eigenvalue weighted by Gasteiger charge is -2.45. The van der Waals surface area contributed by atoms with Crippen LogP contribution in [0.15, 0.2) is 43.0 Å². The lowest BCUT2D eigenvalue weighted by molar-refractivity contribution is 0.0459. The number of pyridine rings is 1. The first-order valence-electron chi connectivity index (χ1n) is 12.0. The third-order valence-corrected chi connectivity index (χ3v) is 8.12. The fourth-order valence-corrected chi connectivity index (χ4v) is 6.12. The van der Waals surface area contributed by atoms with E-state index in [1.807, 2.05) is 12.1 Å². The SMILES string of the molecule is C=C[C@H](O)[C@@H]1CC[C@H]1CN1C[C@@]2(CCCc3cc(Cl)ccc32)COc2ccc(C(=O)OC)nc21. The molecule has 1 aromatic carbocycles. The third-order valence-electron chi connectivity index (χ3n) is 7.88. The first-order chi connectivity index (χ1) is 16.4. The van der Waals surface area contributed by atoms with E-state index in [1.54, 1.807) is 12.1 Å². The molecule has 1 saturated carbocycles. The highest BCUT2D eigenvalue weighted by atomic mass is 35.5. The summed E-state index contributed by atoms with van der Waals surface area (Å²) >= 11 is 6.33. The highest BCUT2D eigenvalue weighted by Gasteiger charge is 2.44. The number of anilines is 1. The van der Waals surface area contributed by atoms with E-state index in [-0.39, 0.29) is 17.0 Å². The summed E-state index contributed by atoms with van der Waals surface area (Å²) in [6, 6.07) is 9.67. The smallest absolute Gasteiger partial charge is 0.356 e. The number of ether oxygens (including phenoxy) is 2. The minimum absolute atomic E-state index is 0.183. The molecule has 0 amide bonds. The van der Waals surface area contributed by atoms with Gasteiger partial charge in [0.05, 0.1) is 19.8 Å². The molecule has 2 heterocycles. The summed E-state index contributed by atoms with van der Waals surface area (Å²) in [5.74, 6) is 1.36. The monoisotopic (exact) mass is 482 g/mol. The number of aliphatic hydroxyl groups excluding tert-OH is 1. The van der Waals surface area contributed by atoms with Gasteiger partial charge >= 0.3 is 5.97 Å². The molecular weight excluding hydrogens is 452 g/mol. The van der Waals surface area contributed by atoms with Crippen LogP contribution in [0.3, 0.4) is 0 Å². The number of methoxy groups -OCH3 is 1. The molecule has 1 aromatic heterocycles. The number of hydrogen-bond donors (Lipinski definition) is 1. The summed E-state index contributed by atoms with van der Waals surface area (Å²) in [6.45, 7) is 5.77. The van der Waals surface area contributed by atoms with E-state index < -0.39 is 12.1 Å². The van der Waals surface area contributed by atoms with E-state index >= 15 is 0 Å². The number of carbonyl (C=O) groups excluding carboxylic acids is 1. The van der Waals surface area contributed by atoms with Gasteiger partial charge in [-0.3, -0.25) is 0 Å². The van der Waals surface area contributed by atoms with Crippen LogP contribution >= 0.6 is 11.6 Å². The molecule has 0 unspecified atom stereocenters. The van der Waals surface area contributed by atoms with Gasteiger partial charge in [0.15, 0.2) is 17.3 Å². The van der Waals surface area contributed by atoms with Gasteiger partial charge in [-0.15, -0.1) is 6.58 Å². The van der Waals surface area contributed by atoms with Crippen molar-refractivity contribution in [2.75, 3.05) is 31.7 Å². The van der Waals surface area contributed by atoms with Crippen LogP contribution in [0, 0.1) is 11.8 Å². The highest BCUT2D eigenvalue weighted by Crippen LogP contribution is 2.46. The lowest BCUT2D eigenvalue weighted by atomic mass is 9.68. The van der Waals surface area contributed by atoms with Crippen LogP contribution in [-0.2, 0) is 16.6 Å². The van der Waals surface area contributed by atoms with Gasteiger partial charge in [0.25, 0.3) is 0 Å². The van der Waals surface area contributed by atoms with Crippen LogP contribution in [-0.4, -0.2) is 49.0 Å². The van der Waals surface area contributed by atoms with Gasteiger partial charge in [-0.1, -0.05) is 23.7 Å². The Kier molecular flexibility index (Phi) is 6.30. The van der Waals surface area contributed by atoms with Gasteiger partial charge in [0, 0.05) is 23.5 Å². The van der Waals surface area contributed by atoms with Crippen molar-refractivity contribution >= 4 is 23.4 Å². The van der Waals surface area contributed by atoms with E-state index in [1.165, 1.54) is 18.2 Å². The van der Waals surface area contributed by atoms with Crippen molar-refractivity contribution in [3.8, 4) is 5.75 Å². The standard InChI is InChI=1S/C27H31ClN2O4/c1-3-23(31)20-8-6-18(20)14-30-15-27(12-4-5-17-13-19(28)7-9-21(17)27)16-34-24-11-10-22(26(32)33-2)29-25(24)30/h3,7,9-11,13,18,20,23,31H,1,4-6,8,12,14-16H2,2H3/t18-,20+,23-,27-/m0/s1. The molecule has 0 bridgehead atoms. The summed E-state index contributed by atoms with van der Waals surface area (Å²) in [4.78, 5) is 19.2. The number of esters is 1. The molecule has 1 spiro atoms. The Balaban J connectivity index is 1.55. The van der Waals surface area contributed by atoms with Gasteiger partial charge in [-0.2, -0.15) is 0 Å². The van der Waals surface area contributed by atoms with E-state index in [0.717, 1.165) is 50.2 Å². The molecule has 5 rings (SSSR count). The van der Waals surface area contributed by atoms with E-state index in [4.69, 9.17) is 26.1 Å². The minimum Gasteiger partial charge on any atom is -0.489 e. The van der Waals surface area contributed by atoms with E-state index in [2.05, 4.69) is 23.6 Å². The zero-order chi connectivity index (χ0) is 23.9. The number of rotatable bonds is 5. The Morgan fingerprint density at radius 3 is 3.00 bits per heavy atom. The molecule has 4 atom stereocenters. The fourth-order valence-electron chi connectivity index (χ4n) is 5.93. The molecule has 2 aliphatic carbocycles. The number of hydrogen-bond acceptors (Lipinski definition) is 6. The molecule has 1 aliphatic heterocycles. The first-order valence-corrected chi connectivity index (χ1v) is 12.4. The van der Waals surface area contributed by atoms with Gasteiger partial charge in [-0.05, 0) is 79.3 Å². The van der Waals surface area contributed by atoms with Crippen LogP contribution in [0.4, 0.5) is 5.82 Å². The number of nitrogens with zero attached hydrogens (tertiary/aromatic N) is 2. The number of fused-ring (bicyclic) bond motifs is 3. The van der Waals surface area contributed by atoms with Crippen molar-refractivity contribution in [3.63, 3.8) is 0 Å². The van der Waals surface area contributed by atoms with Gasteiger partial charge in [0.1, 0.15) is 0 Å². The number of benzene rings is 1. The summed E-state index contributed by atoms with van der Waals surface area (Å²) in [6.07, 6.45) is 6.21. The zero-order valence-corrected chi connectivity index (χ0v) is 20.3. The summed E-state index contributed by atoms with van der Waals surface area (Å²) in [7, 11) is 1.36. The van der Waals surface area contributed by atoms with Gasteiger partial charge in [0.2, 0.25) is 0 Å². The Labute approximate surface area is 205 Å². The number of aromatic nitrogens is 1. The average molecular weight is 483 g/mol. The van der Waals surface area contributed by atoms with Crippen molar-refractivity contribution < 1.29 is 19.4 Å². The first kappa shape index (κ1) is 23.2. The fraction of sp³-hybridized carbons (Fsp3) is 0.481. The van der Waals surface area contributed by atoms with Gasteiger partial charge < -0.3 is 19.5 Å². The Bertz CT molecular complexity index is 1110. The van der Waals surface area contributed by atoms with E-state index in [9.17, 15) is 9.90 Å². The zero-order valence-electron chi connectivity index (χ0n) is 19.5. The number of carbonyl (C=O) groups is 1. The van der Waals surface area contributed by atoms with Crippen molar-refractivity contribution in [3.05, 3.63) is 64.8 Å². The molecule has 34 heavy (non-hydrogen) atoms.